The lowest BCUT2D eigenvalue weighted by molar-refractivity contribution is 0.206. The van der Waals surface area contributed by atoms with Gasteiger partial charge in [0.05, 0.1) is 18.4 Å². The maximum absolute atomic E-state index is 15.2. The van der Waals surface area contributed by atoms with Gasteiger partial charge in [0.2, 0.25) is 5.82 Å². The first-order valence-electron chi connectivity index (χ1n) is 12.8. The maximum Gasteiger partial charge on any atom is 0.202 e. The maximum atomic E-state index is 15.2. The van der Waals surface area contributed by atoms with Gasteiger partial charge in [-0.05, 0) is 72.8 Å². The van der Waals surface area contributed by atoms with Crippen LogP contribution < -0.4 is 15.8 Å². The van der Waals surface area contributed by atoms with Gasteiger partial charge in [-0.15, -0.1) is 5.10 Å². The van der Waals surface area contributed by atoms with Crippen molar-refractivity contribution in [1.29, 1.82) is 0 Å². The number of tetrazole rings is 1. The number of halogens is 2. The minimum Gasteiger partial charge on any atom is -0.490 e. The van der Waals surface area contributed by atoms with Gasteiger partial charge in [-0.25, -0.2) is 9.37 Å². The molecule has 0 atom stereocenters. The quantitative estimate of drug-likeness (QED) is 0.339. The Labute approximate surface area is 219 Å². The van der Waals surface area contributed by atoms with E-state index in [4.69, 9.17) is 10.5 Å². The second kappa shape index (κ2) is 11.2. The molecule has 1 aliphatic heterocycles. The van der Waals surface area contributed by atoms with Gasteiger partial charge in [-0.2, -0.15) is 14.2 Å². The number of ether oxygens (including phenoxy) is 1. The van der Waals surface area contributed by atoms with Crippen molar-refractivity contribution in [2.45, 2.75) is 39.7 Å². The highest BCUT2D eigenvalue weighted by molar-refractivity contribution is 5.76. The van der Waals surface area contributed by atoms with Crippen LogP contribution in [-0.2, 0) is 6.54 Å². The molecule has 10 nitrogen and oxygen atoms in total. The van der Waals surface area contributed by atoms with E-state index in [2.05, 4.69) is 44.8 Å². The molecule has 1 aliphatic rings. The van der Waals surface area contributed by atoms with Crippen molar-refractivity contribution >= 4 is 5.82 Å². The van der Waals surface area contributed by atoms with E-state index in [9.17, 15) is 4.39 Å². The molecule has 1 fully saturated rings. The highest BCUT2D eigenvalue weighted by atomic mass is 19.2. The fraction of sp³-hybridized carbons (Fsp3) is 0.423. The van der Waals surface area contributed by atoms with Crippen molar-refractivity contribution in [3.8, 4) is 34.0 Å². The standard InChI is InChI=1S/C26H31F2N9O/c1-16(2)7-10-36-14-19(13-32-36)18-11-20(25(29)31-12-18)26-33-34-35-37(26)21-3-4-22(24(28)23(21)27)38-15-17-5-8-30-9-6-17/h3-4,11-14,16-17,30H,5-10,15H2,1-2H3,(H2,29,31). The lowest BCUT2D eigenvalue weighted by Crippen LogP contribution is -2.30. The molecular weight excluding hydrogens is 492 g/mol. The van der Waals surface area contributed by atoms with Gasteiger partial charge in [0, 0.05) is 30.1 Å². The molecule has 0 aliphatic carbocycles. The summed E-state index contributed by atoms with van der Waals surface area (Å²) in [5.74, 6) is -1.20. The molecule has 0 unspecified atom stereocenters. The number of aryl methyl sites for hydroxylation is 1. The van der Waals surface area contributed by atoms with E-state index in [0.29, 0.717) is 24.0 Å². The average Bonchev–Trinajstić information content (AvgIpc) is 3.59. The third-order valence-electron chi connectivity index (χ3n) is 6.72. The summed E-state index contributed by atoms with van der Waals surface area (Å²) in [5.41, 5.74) is 7.97. The SMILES string of the molecule is CC(C)CCn1cc(-c2cnc(N)c(-c3nnnn3-c3ccc(OCC4CCNCC4)c(F)c3F)c2)cn1. The van der Waals surface area contributed by atoms with Gasteiger partial charge >= 0.3 is 0 Å². The lowest BCUT2D eigenvalue weighted by Gasteiger charge is -2.22. The van der Waals surface area contributed by atoms with Crippen molar-refractivity contribution in [3.05, 3.63) is 48.4 Å². The Morgan fingerprint density at radius 3 is 2.74 bits per heavy atom. The molecule has 3 aromatic heterocycles. The summed E-state index contributed by atoms with van der Waals surface area (Å²) in [6.45, 7) is 7.24. The Bertz CT molecular complexity index is 1400. The number of nitrogens with one attached hydrogen (secondary N) is 1. The van der Waals surface area contributed by atoms with Gasteiger partial charge in [-0.3, -0.25) is 4.68 Å². The monoisotopic (exact) mass is 523 g/mol. The molecule has 0 bridgehead atoms. The van der Waals surface area contributed by atoms with Crippen LogP contribution in [0.1, 0.15) is 33.1 Å². The summed E-state index contributed by atoms with van der Waals surface area (Å²) in [7, 11) is 0. The number of rotatable bonds is 9. The van der Waals surface area contributed by atoms with Gasteiger partial charge in [-0.1, -0.05) is 13.8 Å². The van der Waals surface area contributed by atoms with Crippen LogP contribution in [0.25, 0.3) is 28.2 Å². The molecule has 1 aromatic carbocycles. The highest BCUT2D eigenvalue weighted by Gasteiger charge is 2.23. The van der Waals surface area contributed by atoms with Crippen LogP contribution in [0.5, 0.6) is 5.75 Å². The number of hydrogen-bond acceptors (Lipinski definition) is 8. The van der Waals surface area contributed by atoms with Crippen LogP contribution >= 0.6 is 0 Å². The Hall–Kier alpha value is -3.93. The Kier molecular flexibility index (Phi) is 7.59. The van der Waals surface area contributed by atoms with Crippen molar-refractivity contribution in [2.75, 3.05) is 25.4 Å². The van der Waals surface area contributed by atoms with E-state index >= 15 is 4.39 Å². The second-order valence-corrected chi connectivity index (χ2v) is 9.96. The molecule has 0 saturated carbocycles. The molecule has 4 heterocycles. The van der Waals surface area contributed by atoms with Crippen LogP contribution in [0.2, 0.25) is 0 Å². The fourth-order valence-corrected chi connectivity index (χ4v) is 4.41. The fourth-order valence-electron chi connectivity index (χ4n) is 4.41. The largest absolute Gasteiger partial charge is 0.490 e. The Morgan fingerprint density at radius 2 is 1.95 bits per heavy atom. The topological polar surface area (TPSA) is 122 Å². The van der Waals surface area contributed by atoms with E-state index in [1.54, 1.807) is 18.5 Å². The summed E-state index contributed by atoms with van der Waals surface area (Å²) >= 11 is 0. The highest BCUT2D eigenvalue weighted by Crippen LogP contribution is 2.32. The summed E-state index contributed by atoms with van der Waals surface area (Å²) in [4.78, 5) is 4.29. The van der Waals surface area contributed by atoms with Gasteiger partial charge in [0.25, 0.3) is 0 Å². The summed E-state index contributed by atoms with van der Waals surface area (Å²) in [5, 5.41) is 19.3. The third kappa shape index (κ3) is 5.49. The van der Waals surface area contributed by atoms with E-state index in [1.807, 2.05) is 10.9 Å². The molecule has 200 valence electrons. The van der Waals surface area contributed by atoms with E-state index in [-0.39, 0.29) is 23.1 Å². The minimum atomic E-state index is -1.12. The van der Waals surface area contributed by atoms with Crippen LogP contribution in [-0.4, -0.2) is 54.7 Å². The number of nitrogens with zero attached hydrogens (tertiary/aromatic N) is 7. The zero-order chi connectivity index (χ0) is 26.6. The molecule has 1 saturated heterocycles. The first-order chi connectivity index (χ1) is 18.4. The van der Waals surface area contributed by atoms with Crippen molar-refractivity contribution in [3.63, 3.8) is 0 Å². The summed E-state index contributed by atoms with van der Waals surface area (Å²) in [6, 6.07) is 4.55. The van der Waals surface area contributed by atoms with Crippen LogP contribution in [0.4, 0.5) is 14.6 Å². The molecule has 5 rings (SSSR count). The molecule has 0 amide bonds. The van der Waals surface area contributed by atoms with Gasteiger partial charge in [0.1, 0.15) is 11.5 Å². The van der Waals surface area contributed by atoms with Crippen molar-refractivity contribution < 1.29 is 13.5 Å². The number of pyridine rings is 1. The normalized spacial score (nSPS) is 14.3. The number of anilines is 1. The summed E-state index contributed by atoms with van der Waals surface area (Å²) in [6.07, 6.45) is 8.18. The number of aromatic nitrogens is 7. The van der Waals surface area contributed by atoms with Crippen LogP contribution in [0, 0.1) is 23.5 Å². The number of nitrogen functional groups attached to an aromatic ring is 1. The van der Waals surface area contributed by atoms with Crippen LogP contribution in [0.3, 0.4) is 0 Å². The predicted octanol–water partition coefficient (Wildman–Crippen LogP) is 3.87. The van der Waals surface area contributed by atoms with E-state index < -0.39 is 11.6 Å². The number of nitrogens with two attached hydrogens (primary N) is 1. The Balaban J connectivity index is 1.41. The average molecular weight is 524 g/mol. The minimum absolute atomic E-state index is 0.130. The molecule has 0 radical (unpaired) electrons. The second-order valence-electron chi connectivity index (χ2n) is 9.96. The smallest absolute Gasteiger partial charge is 0.202 e. The molecule has 3 N–H and O–H groups in total. The molecule has 12 heteroatoms. The van der Waals surface area contributed by atoms with Crippen molar-refractivity contribution in [1.82, 2.24) is 40.3 Å². The first kappa shape index (κ1) is 25.7. The summed E-state index contributed by atoms with van der Waals surface area (Å²) < 4.78 is 38.8. The third-order valence-corrected chi connectivity index (χ3v) is 6.72. The zero-order valence-electron chi connectivity index (χ0n) is 21.4. The lowest BCUT2D eigenvalue weighted by atomic mass is 9.99. The van der Waals surface area contributed by atoms with Crippen LogP contribution in [0.15, 0.2) is 36.8 Å². The van der Waals surface area contributed by atoms with E-state index in [1.165, 1.54) is 12.1 Å². The van der Waals surface area contributed by atoms with Gasteiger partial charge < -0.3 is 15.8 Å². The van der Waals surface area contributed by atoms with E-state index in [0.717, 1.165) is 54.7 Å². The predicted molar refractivity (Wildman–Crippen MR) is 138 cm³/mol. The number of piperidine rings is 1. The number of benzene rings is 1. The first-order valence-corrected chi connectivity index (χ1v) is 12.8. The zero-order valence-corrected chi connectivity index (χ0v) is 21.4. The molecule has 4 aromatic rings. The molecule has 0 spiro atoms. The number of hydrogen-bond donors (Lipinski definition) is 2. The van der Waals surface area contributed by atoms with Gasteiger partial charge in [0.15, 0.2) is 17.4 Å². The Morgan fingerprint density at radius 1 is 1.13 bits per heavy atom. The molecule has 38 heavy (non-hydrogen) atoms. The van der Waals surface area contributed by atoms with Crippen molar-refractivity contribution in [2.24, 2.45) is 11.8 Å². The molecular formula is C26H31F2N9O.